The molecule has 168 valence electrons. The van der Waals surface area contributed by atoms with E-state index in [4.69, 9.17) is 5.11 Å². The van der Waals surface area contributed by atoms with Gasteiger partial charge in [0.2, 0.25) is 10.0 Å². The van der Waals surface area contributed by atoms with E-state index in [1.807, 2.05) is 42.5 Å². The number of sulfonamides is 1. The van der Waals surface area contributed by atoms with Crippen LogP contribution in [0.1, 0.15) is 5.56 Å². The summed E-state index contributed by atoms with van der Waals surface area (Å²) in [6, 6.07) is 13.3. The van der Waals surface area contributed by atoms with E-state index in [1.165, 1.54) is 0 Å². The number of aliphatic hydroxyl groups is 1. The molecule has 2 fully saturated rings. The molecule has 0 bridgehead atoms. The normalized spacial score (nSPS) is 19.0. The molecule has 1 N–H and O–H groups in total. The van der Waals surface area contributed by atoms with E-state index in [-0.39, 0.29) is 12.4 Å². The van der Waals surface area contributed by atoms with Crippen molar-refractivity contribution >= 4 is 21.7 Å². The predicted octanol–water partition coefficient (Wildman–Crippen LogP) is 0.243. The number of hydrogen-bond acceptors (Lipinski definition) is 8. The van der Waals surface area contributed by atoms with Gasteiger partial charge in [-0.05, 0) is 17.7 Å². The van der Waals surface area contributed by atoms with E-state index < -0.39 is 10.0 Å². The van der Waals surface area contributed by atoms with E-state index in [0.717, 1.165) is 43.4 Å². The molecule has 3 heterocycles. The highest BCUT2D eigenvalue weighted by Gasteiger charge is 2.28. The van der Waals surface area contributed by atoms with Crippen LogP contribution in [-0.4, -0.2) is 98.4 Å². The van der Waals surface area contributed by atoms with Gasteiger partial charge in [0.1, 0.15) is 0 Å². The largest absolute Gasteiger partial charge is 0.395 e. The topological polar surface area (TPSA) is 93.1 Å². The molecule has 4 rings (SSSR count). The average molecular weight is 447 g/mol. The summed E-state index contributed by atoms with van der Waals surface area (Å²) in [5, 5.41) is 17.9. The van der Waals surface area contributed by atoms with Crippen LogP contribution in [0, 0.1) is 0 Å². The Labute approximate surface area is 183 Å². The zero-order valence-corrected chi connectivity index (χ0v) is 18.5. The van der Waals surface area contributed by atoms with Crippen LogP contribution in [0.25, 0.3) is 0 Å². The number of aliphatic hydroxyl groups excluding tert-OH is 1. The Bertz CT molecular complexity index is 925. The van der Waals surface area contributed by atoms with Crippen molar-refractivity contribution in [2.45, 2.75) is 5.75 Å². The first kappa shape index (κ1) is 21.9. The fourth-order valence-corrected chi connectivity index (χ4v) is 5.58. The van der Waals surface area contributed by atoms with Crippen molar-refractivity contribution in [3.8, 4) is 0 Å². The lowest BCUT2D eigenvalue weighted by molar-refractivity contribution is 0.188. The zero-order chi connectivity index (χ0) is 21.7. The number of hydrogen-bond donors (Lipinski definition) is 1. The third-order valence-electron chi connectivity index (χ3n) is 5.90. The summed E-state index contributed by atoms with van der Waals surface area (Å²) >= 11 is 0. The minimum atomic E-state index is -3.33. The van der Waals surface area contributed by atoms with E-state index in [1.54, 1.807) is 4.31 Å². The molecule has 0 atom stereocenters. The molecule has 9 nitrogen and oxygen atoms in total. The molecule has 2 aromatic rings. The van der Waals surface area contributed by atoms with Gasteiger partial charge in [0, 0.05) is 58.9 Å². The summed E-state index contributed by atoms with van der Waals surface area (Å²) in [5.74, 6) is 1.67. The van der Waals surface area contributed by atoms with Gasteiger partial charge in [-0.3, -0.25) is 4.90 Å². The van der Waals surface area contributed by atoms with Gasteiger partial charge in [0.25, 0.3) is 0 Å². The van der Waals surface area contributed by atoms with Crippen molar-refractivity contribution in [3.05, 3.63) is 48.0 Å². The summed E-state index contributed by atoms with van der Waals surface area (Å²) < 4.78 is 27.1. The molecule has 0 unspecified atom stereocenters. The van der Waals surface area contributed by atoms with E-state index in [0.29, 0.717) is 32.7 Å². The Morgan fingerprint density at radius 1 is 0.774 bits per heavy atom. The van der Waals surface area contributed by atoms with Crippen LogP contribution in [-0.2, 0) is 15.8 Å². The summed E-state index contributed by atoms with van der Waals surface area (Å²) in [5.41, 5.74) is 0.809. The first-order valence-corrected chi connectivity index (χ1v) is 12.3. The second-order valence-electron chi connectivity index (χ2n) is 7.93. The molecule has 0 amide bonds. The van der Waals surface area contributed by atoms with Crippen molar-refractivity contribution in [2.24, 2.45) is 0 Å². The predicted molar refractivity (Wildman–Crippen MR) is 121 cm³/mol. The number of piperazine rings is 2. The highest BCUT2D eigenvalue weighted by Crippen LogP contribution is 2.20. The van der Waals surface area contributed by atoms with Crippen LogP contribution in [0.5, 0.6) is 0 Å². The van der Waals surface area contributed by atoms with Gasteiger partial charge >= 0.3 is 0 Å². The maximum Gasteiger partial charge on any atom is 0.218 e. The van der Waals surface area contributed by atoms with Gasteiger partial charge in [0.15, 0.2) is 11.6 Å². The summed E-state index contributed by atoms with van der Waals surface area (Å²) in [6.07, 6.45) is 0. The summed E-state index contributed by atoms with van der Waals surface area (Å²) in [4.78, 5) is 6.53. The average Bonchev–Trinajstić information content (AvgIpc) is 2.80. The molecule has 0 saturated carbocycles. The highest BCUT2D eigenvalue weighted by atomic mass is 32.2. The number of nitrogens with zero attached hydrogens (tertiary/aromatic N) is 6. The Kier molecular flexibility index (Phi) is 7.01. The molecular weight excluding hydrogens is 416 g/mol. The van der Waals surface area contributed by atoms with Gasteiger partial charge in [0.05, 0.1) is 12.4 Å². The monoisotopic (exact) mass is 446 g/mol. The van der Waals surface area contributed by atoms with Gasteiger partial charge in [-0.15, -0.1) is 10.2 Å². The van der Waals surface area contributed by atoms with Crippen LogP contribution >= 0.6 is 0 Å². The van der Waals surface area contributed by atoms with E-state index >= 15 is 0 Å². The molecule has 0 radical (unpaired) electrons. The minimum Gasteiger partial charge on any atom is -0.395 e. The quantitative estimate of drug-likeness (QED) is 0.647. The Morgan fingerprint density at radius 2 is 1.32 bits per heavy atom. The Morgan fingerprint density at radius 3 is 1.84 bits per heavy atom. The molecule has 1 aromatic heterocycles. The second kappa shape index (κ2) is 9.90. The van der Waals surface area contributed by atoms with E-state index in [9.17, 15) is 8.42 Å². The molecule has 31 heavy (non-hydrogen) atoms. The minimum absolute atomic E-state index is 0.0356. The number of aromatic nitrogens is 2. The fraction of sp³-hybridized carbons (Fsp3) is 0.524. The maximum atomic E-state index is 12.7. The first-order valence-electron chi connectivity index (χ1n) is 10.7. The standard InChI is InChI=1S/C21H30N6O3S/c28-17-16-24-8-10-25(11-9-24)20-6-7-21(23-22-20)26-12-14-27(15-13-26)31(29,30)18-19-4-2-1-3-5-19/h1-7,28H,8-18H2. The lowest BCUT2D eigenvalue weighted by Crippen LogP contribution is -2.49. The second-order valence-corrected chi connectivity index (χ2v) is 9.90. The van der Waals surface area contributed by atoms with Crippen molar-refractivity contribution in [3.63, 3.8) is 0 Å². The van der Waals surface area contributed by atoms with Gasteiger partial charge in [-0.25, -0.2) is 8.42 Å². The Hall–Kier alpha value is -2.27. The van der Waals surface area contributed by atoms with Gasteiger partial charge in [-0.2, -0.15) is 4.31 Å². The van der Waals surface area contributed by atoms with Crippen LogP contribution in [0.2, 0.25) is 0 Å². The van der Waals surface area contributed by atoms with E-state index in [2.05, 4.69) is 24.9 Å². The lowest BCUT2D eigenvalue weighted by atomic mass is 10.2. The lowest BCUT2D eigenvalue weighted by Gasteiger charge is -2.36. The highest BCUT2D eigenvalue weighted by molar-refractivity contribution is 7.88. The van der Waals surface area contributed by atoms with Crippen LogP contribution in [0.4, 0.5) is 11.6 Å². The summed E-state index contributed by atoms with van der Waals surface area (Å²) in [7, 11) is -3.33. The number of anilines is 2. The number of benzene rings is 1. The maximum absolute atomic E-state index is 12.7. The molecule has 2 aliphatic rings. The third kappa shape index (κ3) is 5.51. The fourth-order valence-electron chi connectivity index (χ4n) is 4.07. The van der Waals surface area contributed by atoms with Crippen molar-refractivity contribution in [1.82, 2.24) is 19.4 Å². The van der Waals surface area contributed by atoms with Gasteiger partial charge < -0.3 is 14.9 Å². The van der Waals surface area contributed by atoms with Crippen molar-refractivity contribution in [1.29, 1.82) is 0 Å². The molecular formula is C21H30N6O3S. The number of rotatable bonds is 7. The van der Waals surface area contributed by atoms with Crippen LogP contribution in [0.15, 0.2) is 42.5 Å². The molecule has 0 aliphatic carbocycles. The number of β-amino-alcohol motifs (C(OH)–C–C–N with tert-alkyl or cyclic N) is 1. The third-order valence-corrected chi connectivity index (χ3v) is 7.75. The van der Waals surface area contributed by atoms with Crippen molar-refractivity contribution < 1.29 is 13.5 Å². The van der Waals surface area contributed by atoms with Gasteiger partial charge in [-0.1, -0.05) is 30.3 Å². The molecule has 2 saturated heterocycles. The molecule has 10 heteroatoms. The Balaban J connectivity index is 1.30. The van der Waals surface area contributed by atoms with Crippen molar-refractivity contribution in [2.75, 3.05) is 75.3 Å². The molecule has 2 aliphatic heterocycles. The smallest absolute Gasteiger partial charge is 0.218 e. The summed E-state index contributed by atoms with van der Waals surface area (Å²) in [6.45, 7) is 6.55. The molecule has 1 aromatic carbocycles. The van der Waals surface area contributed by atoms with Crippen LogP contribution in [0.3, 0.4) is 0 Å². The molecule has 0 spiro atoms. The SMILES string of the molecule is O=S(=O)(Cc1ccccc1)N1CCN(c2ccc(N3CCN(CCO)CC3)nn2)CC1. The van der Waals surface area contributed by atoms with Crippen LogP contribution < -0.4 is 9.80 Å². The zero-order valence-electron chi connectivity index (χ0n) is 17.7. The first-order chi connectivity index (χ1) is 15.0.